The third-order valence-corrected chi connectivity index (χ3v) is 3.58. The highest BCUT2D eigenvalue weighted by Crippen LogP contribution is 2.37. The van der Waals surface area contributed by atoms with Crippen LogP contribution in [-0.4, -0.2) is 9.78 Å². The van der Waals surface area contributed by atoms with Gasteiger partial charge in [0.05, 0.1) is 5.69 Å². The molecule has 0 saturated heterocycles. The fourth-order valence-electron chi connectivity index (χ4n) is 2.36. The van der Waals surface area contributed by atoms with Crippen LogP contribution in [0.1, 0.15) is 62.7 Å². The van der Waals surface area contributed by atoms with Crippen molar-refractivity contribution in [1.82, 2.24) is 9.78 Å². The molecule has 3 nitrogen and oxygen atoms in total. The van der Waals surface area contributed by atoms with Crippen LogP contribution < -0.4 is 0 Å². The van der Waals surface area contributed by atoms with E-state index in [0.29, 0.717) is 16.6 Å². The molecule has 1 saturated carbocycles. The lowest BCUT2D eigenvalue weighted by molar-refractivity contribution is 0.518. The van der Waals surface area contributed by atoms with E-state index in [1.807, 2.05) is 13.8 Å². The zero-order valence-corrected chi connectivity index (χ0v) is 10.5. The van der Waals surface area contributed by atoms with E-state index in [9.17, 15) is 0 Å². The van der Waals surface area contributed by atoms with E-state index < -0.39 is 0 Å². The Hall–Kier alpha value is -1.01. The predicted octanol–water partition coefficient (Wildman–Crippen LogP) is 3.65. The Bertz CT molecular complexity index is 422. The van der Waals surface area contributed by atoms with Crippen LogP contribution in [0.4, 0.5) is 0 Å². The first-order valence-electron chi connectivity index (χ1n) is 5.83. The second-order valence-corrected chi connectivity index (χ2v) is 5.04. The summed E-state index contributed by atoms with van der Waals surface area (Å²) in [6.45, 7) is 4.05. The van der Waals surface area contributed by atoms with Gasteiger partial charge in [0.15, 0.2) is 0 Å². The van der Waals surface area contributed by atoms with Crippen molar-refractivity contribution < 1.29 is 0 Å². The highest BCUT2D eigenvalue weighted by molar-refractivity contribution is 6.30. The smallest absolute Gasteiger partial charge is 0.145 e. The maximum Gasteiger partial charge on any atom is 0.145 e. The molecule has 0 bridgehead atoms. The fourth-order valence-corrected chi connectivity index (χ4v) is 2.73. The predicted molar refractivity (Wildman–Crippen MR) is 63.5 cm³/mol. The molecule has 0 radical (unpaired) electrons. The molecule has 0 amide bonds. The maximum atomic E-state index is 9.17. The molecule has 0 spiro atoms. The third-order valence-electron chi connectivity index (χ3n) is 3.22. The largest absolute Gasteiger partial charge is 0.250 e. The second-order valence-electron chi connectivity index (χ2n) is 4.68. The van der Waals surface area contributed by atoms with Crippen molar-refractivity contribution in [2.45, 2.75) is 51.5 Å². The molecular formula is C12H16ClN3. The van der Waals surface area contributed by atoms with Crippen LogP contribution in [0.2, 0.25) is 5.15 Å². The van der Waals surface area contributed by atoms with Crippen LogP contribution in [0, 0.1) is 11.3 Å². The number of hydrogen-bond donors (Lipinski definition) is 0. The summed E-state index contributed by atoms with van der Waals surface area (Å²) in [7, 11) is 0. The van der Waals surface area contributed by atoms with Gasteiger partial charge in [0.25, 0.3) is 0 Å². The third kappa shape index (κ3) is 1.82. The normalized spacial score (nSPS) is 16.9. The van der Waals surface area contributed by atoms with Crippen LogP contribution in [0.5, 0.6) is 0 Å². The van der Waals surface area contributed by atoms with E-state index >= 15 is 0 Å². The van der Waals surface area contributed by atoms with Crippen molar-refractivity contribution >= 4 is 11.6 Å². The van der Waals surface area contributed by atoms with E-state index in [0.717, 1.165) is 18.5 Å². The molecule has 0 atom stereocenters. The molecule has 1 aromatic heterocycles. The molecule has 0 unspecified atom stereocenters. The molecule has 0 aliphatic heterocycles. The van der Waals surface area contributed by atoms with Crippen LogP contribution >= 0.6 is 11.6 Å². The number of rotatable bonds is 2. The van der Waals surface area contributed by atoms with E-state index in [1.165, 1.54) is 12.8 Å². The second kappa shape index (κ2) is 4.47. The summed E-state index contributed by atoms with van der Waals surface area (Å²) in [5.74, 6) is 0.437. The number of hydrogen-bond acceptors (Lipinski definition) is 2. The fraction of sp³-hybridized carbons (Fsp3) is 0.667. The first kappa shape index (κ1) is 11.5. The summed E-state index contributed by atoms with van der Waals surface area (Å²) >= 11 is 6.18. The SMILES string of the molecule is CC(C)n1nc(C2CCCC2)c(C#N)c1Cl. The van der Waals surface area contributed by atoms with Gasteiger partial charge in [-0.1, -0.05) is 24.4 Å². The summed E-state index contributed by atoms with van der Waals surface area (Å²) in [4.78, 5) is 0. The Morgan fingerprint density at radius 3 is 2.56 bits per heavy atom. The van der Waals surface area contributed by atoms with Crippen molar-refractivity contribution in [2.75, 3.05) is 0 Å². The van der Waals surface area contributed by atoms with Gasteiger partial charge in [0, 0.05) is 12.0 Å². The van der Waals surface area contributed by atoms with Crippen LogP contribution in [0.15, 0.2) is 0 Å². The molecule has 1 aliphatic rings. The summed E-state index contributed by atoms with van der Waals surface area (Å²) in [5.41, 5.74) is 1.50. The topological polar surface area (TPSA) is 41.6 Å². The van der Waals surface area contributed by atoms with E-state index in [4.69, 9.17) is 16.9 Å². The van der Waals surface area contributed by atoms with Crippen molar-refractivity contribution in [3.63, 3.8) is 0 Å². The Balaban J connectivity index is 2.44. The van der Waals surface area contributed by atoms with Gasteiger partial charge in [-0.05, 0) is 26.7 Å². The first-order valence-corrected chi connectivity index (χ1v) is 6.21. The quantitative estimate of drug-likeness (QED) is 0.788. The molecule has 16 heavy (non-hydrogen) atoms. The summed E-state index contributed by atoms with van der Waals surface area (Å²) in [6.07, 6.45) is 4.75. The molecule has 0 aromatic carbocycles. The first-order chi connectivity index (χ1) is 7.65. The van der Waals surface area contributed by atoms with E-state index in [-0.39, 0.29) is 6.04 Å². The monoisotopic (exact) mass is 237 g/mol. The van der Waals surface area contributed by atoms with Gasteiger partial charge in [0.2, 0.25) is 0 Å². The Kier molecular flexibility index (Phi) is 3.20. The summed E-state index contributed by atoms with van der Waals surface area (Å²) in [6, 6.07) is 2.40. The van der Waals surface area contributed by atoms with Crippen molar-refractivity contribution in [1.29, 1.82) is 5.26 Å². The molecule has 4 heteroatoms. The molecule has 0 N–H and O–H groups in total. The zero-order valence-electron chi connectivity index (χ0n) is 9.70. The highest BCUT2D eigenvalue weighted by atomic mass is 35.5. The zero-order chi connectivity index (χ0) is 11.7. The lowest BCUT2D eigenvalue weighted by Gasteiger charge is -2.07. The van der Waals surface area contributed by atoms with E-state index in [2.05, 4.69) is 11.2 Å². The Morgan fingerprint density at radius 1 is 1.44 bits per heavy atom. The van der Waals surface area contributed by atoms with Crippen LogP contribution in [0.25, 0.3) is 0 Å². The van der Waals surface area contributed by atoms with Crippen LogP contribution in [-0.2, 0) is 0 Å². The molecule has 1 aromatic rings. The van der Waals surface area contributed by atoms with Crippen molar-refractivity contribution in [2.24, 2.45) is 0 Å². The van der Waals surface area contributed by atoms with E-state index in [1.54, 1.807) is 4.68 Å². The lowest BCUT2D eigenvalue weighted by atomic mass is 10.0. The average molecular weight is 238 g/mol. The minimum atomic E-state index is 0.203. The molecule has 1 fully saturated rings. The van der Waals surface area contributed by atoms with Crippen LogP contribution in [0.3, 0.4) is 0 Å². The summed E-state index contributed by atoms with van der Waals surface area (Å²) < 4.78 is 1.76. The van der Waals surface area contributed by atoms with Gasteiger partial charge in [0.1, 0.15) is 16.8 Å². The molecule has 2 rings (SSSR count). The molecule has 86 valence electrons. The van der Waals surface area contributed by atoms with Gasteiger partial charge in [-0.25, -0.2) is 4.68 Å². The minimum Gasteiger partial charge on any atom is -0.250 e. The standard InChI is InChI=1S/C12H16ClN3/c1-8(2)16-12(13)10(7-14)11(15-16)9-5-3-4-6-9/h8-9H,3-6H2,1-2H3. The molecule has 1 heterocycles. The summed E-state index contributed by atoms with van der Waals surface area (Å²) in [5, 5.41) is 14.2. The van der Waals surface area contributed by atoms with Crippen molar-refractivity contribution in [3.8, 4) is 6.07 Å². The number of halogens is 1. The number of nitriles is 1. The number of nitrogens with zero attached hydrogens (tertiary/aromatic N) is 3. The Morgan fingerprint density at radius 2 is 2.06 bits per heavy atom. The van der Waals surface area contributed by atoms with Gasteiger partial charge < -0.3 is 0 Å². The Labute approximate surface area is 101 Å². The van der Waals surface area contributed by atoms with Gasteiger partial charge in [-0.2, -0.15) is 10.4 Å². The molecule has 1 aliphatic carbocycles. The lowest BCUT2D eigenvalue weighted by Crippen LogP contribution is -2.04. The maximum absolute atomic E-state index is 9.17. The highest BCUT2D eigenvalue weighted by Gasteiger charge is 2.26. The minimum absolute atomic E-state index is 0.203. The van der Waals surface area contributed by atoms with Crippen molar-refractivity contribution in [3.05, 3.63) is 16.4 Å². The molecular weight excluding hydrogens is 222 g/mol. The number of aromatic nitrogens is 2. The van der Waals surface area contributed by atoms with Gasteiger partial charge in [-0.3, -0.25) is 0 Å². The van der Waals surface area contributed by atoms with Gasteiger partial charge >= 0.3 is 0 Å². The average Bonchev–Trinajstić information content (AvgIpc) is 2.83. The van der Waals surface area contributed by atoms with Gasteiger partial charge in [-0.15, -0.1) is 0 Å².